The maximum atomic E-state index is 12.7. The maximum Gasteiger partial charge on any atom is 0.323 e. The van der Waals surface area contributed by atoms with Gasteiger partial charge in [-0.15, -0.1) is 0 Å². The Morgan fingerprint density at radius 3 is 2.32 bits per heavy atom. The largest absolute Gasteiger partial charge is 0.480 e. The molecule has 1 saturated carbocycles. The first kappa shape index (κ1) is 13.6. The molecule has 0 unspecified atom stereocenters. The molecule has 19 heavy (non-hydrogen) atoms. The van der Waals surface area contributed by atoms with E-state index in [-0.39, 0.29) is 12.5 Å². The molecule has 0 aliphatic heterocycles. The van der Waals surface area contributed by atoms with Crippen LogP contribution in [0.5, 0.6) is 0 Å². The molecule has 4 nitrogen and oxygen atoms in total. The molecule has 1 N–H and O–H groups in total. The third-order valence-electron chi connectivity index (χ3n) is 3.94. The molecule has 1 aromatic carbocycles. The van der Waals surface area contributed by atoms with Crippen LogP contribution < -0.4 is 0 Å². The highest BCUT2D eigenvalue weighted by Crippen LogP contribution is 2.45. The summed E-state index contributed by atoms with van der Waals surface area (Å²) in [6.45, 7) is 2.03. The van der Waals surface area contributed by atoms with Crippen LogP contribution in [0.15, 0.2) is 30.3 Å². The van der Waals surface area contributed by atoms with E-state index in [1.807, 2.05) is 37.3 Å². The summed E-state index contributed by atoms with van der Waals surface area (Å²) >= 11 is 0. The Labute approximate surface area is 113 Å². The minimum absolute atomic E-state index is 0.0464. The zero-order chi connectivity index (χ0) is 13.9. The number of benzene rings is 1. The summed E-state index contributed by atoms with van der Waals surface area (Å²) in [7, 11) is 0. The van der Waals surface area contributed by atoms with E-state index in [4.69, 9.17) is 5.11 Å². The number of carboxylic acids is 1. The molecule has 0 radical (unpaired) electrons. The summed E-state index contributed by atoms with van der Waals surface area (Å²) in [5.74, 6) is -1.01. The third-order valence-corrected chi connectivity index (χ3v) is 3.94. The van der Waals surface area contributed by atoms with E-state index in [0.29, 0.717) is 6.54 Å². The van der Waals surface area contributed by atoms with Gasteiger partial charge in [0.2, 0.25) is 5.91 Å². The Hall–Kier alpha value is -1.84. The van der Waals surface area contributed by atoms with Crippen LogP contribution in [-0.4, -0.2) is 35.0 Å². The van der Waals surface area contributed by atoms with Gasteiger partial charge < -0.3 is 10.0 Å². The van der Waals surface area contributed by atoms with Gasteiger partial charge in [-0.05, 0) is 25.3 Å². The number of amides is 1. The second-order valence-electron chi connectivity index (χ2n) is 5.01. The molecule has 1 aliphatic carbocycles. The molecular weight excluding hydrogens is 242 g/mol. The number of hydrogen-bond acceptors (Lipinski definition) is 2. The Morgan fingerprint density at radius 2 is 1.89 bits per heavy atom. The highest BCUT2D eigenvalue weighted by molar-refractivity contribution is 5.91. The smallest absolute Gasteiger partial charge is 0.323 e. The molecule has 0 bridgehead atoms. The molecule has 0 saturated heterocycles. The molecule has 4 heteroatoms. The van der Waals surface area contributed by atoms with E-state index in [9.17, 15) is 9.59 Å². The van der Waals surface area contributed by atoms with Crippen molar-refractivity contribution >= 4 is 11.9 Å². The van der Waals surface area contributed by atoms with Crippen LogP contribution in [0.25, 0.3) is 0 Å². The highest BCUT2D eigenvalue weighted by Gasteiger charge is 2.47. The van der Waals surface area contributed by atoms with E-state index < -0.39 is 11.4 Å². The van der Waals surface area contributed by atoms with Gasteiger partial charge in [0.15, 0.2) is 0 Å². The molecule has 0 aromatic heterocycles. The number of carbonyl (C=O) groups is 2. The Morgan fingerprint density at radius 1 is 1.26 bits per heavy atom. The van der Waals surface area contributed by atoms with E-state index in [2.05, 4.69) is 0 Å². The van der Waals surface area contributed by atoms with Gasteiger partial charge in [0, 0.05) is 6.54 Å². The second-order valence-corrected chi connectivity index (χ2v) is 5.01. The van der Waals surface area contributed by atoms with Gasteiger partial charge in [-0.1, -0.05) is 36.8 Å². The van der Waals surface area contributed by atoms with Crippen molar-refractivity contribution in [2.45, 2.75) is 31.6 Å². The van der Waals surface area contributed by atoms with Crippen LogP contribution in [0, 0.1) is 0 Å². The van der Waals surface area contributed by atoms with Gasteiger partial charge >= 0.3 is 5.97 Å². The lowest BCUT2D eigenvalue weighted by Crippen LogP contribution is -2.52. The average Bonchev–Trinajstić information content (AvgIpc) is 2.35. The van der Waals surface area contributed by atoms with Gasteiger partial charge in [0.05, 0.1) is 5.41 Å². The molecule has 2 rings (SSSR count). The predicted octanol–water partition coefficient (Wildman–Crippen LogP) is 2.04. The van der Waals surface area contributed by atoms with E-state index in [1.54, 1.807) is 0 Å². The third kappa shape index (κ3) is 2.48. The fraction of sp³-hybridized carbons (Fsp3) is 0.467. The Bertz CT molecular complexity index is 466. The van der Waals surface area contributed by atoms with Crippen molar-refractivity contribution in [3.63, 3.8) is 0 Å². The lowest BCUT2D eigenvalue weighted by molar-refractivity contribution is -0.149. The quantitative estimate of drug-likeness (QED) is 0.882. The molecule has 1 aromatic rings. The lowest BCUT2D eigenvalue weighted by atomic mass is 9.63. The fourth-order valence-electron chi connectivity index (χ4n) is 2.71. The zero-order valence-electron chi connectivity index (χ0n) is 11.1. The molecule has 0 spiro atoms. The van der Waals surface area contributed by atoms with Crippen molar-refractivity contribution in [2.75, 3.05) is 13.1 Å². The molecule has 1 amide bonds. The Balaban J connectivity index is 2.26. The van der Waals surface area contributed by atoms with E-state index >= 15 is 0 Å². The van der Waals surface area contributed by atoms with Gasteiger partial charge in [0.1, 0.15) is 6.54 Å². The summed E-state index contributed by atoms with van der Waals surface area (Å²) < 4.78 is 0. The first-order chi connectivity index (χ1) is 9.10. The summed E-state index contributed by atoms with van der Waals surface area (Å²) in [5.41, 5.74) is 0.516. The number of rotatable bonds is 5. The fourth-order valence-corrected chi connectivity index (χ4v) is 2.71. The summed E-state index contributed by atoms with van der Waals surface area (Å²) in [5, 5.41) is 8.90. The van der Waals surface area contributed by atoms with Gasteiger partial charge in [-0.2, -0.15) is 0 Å². The monoisotopic (exact) mass is 261 g/mol. The van der Waals surface area contributed by atoms with Crippen LogP contribution in [0.1, 0.15) is 31.7 Å². The summed E-state index contributed by atoms with van der Waals surface area (Å²) in [4.78, 5) is 25.0. The number of aliphatic carboxylic acids is 1. The molecule has 102 valence electrons. The summed E-state index contributed by atoms with van der Waals surface area (Å²) in [6, 6.07) is 9.71. The predicted molar refractivity (Wildman–Crippen MR) is 71.9 cm³/mol. The van der Waals surface area contributed by atoms with Crippen LogP contribution in [0.2, 0.25) is 0 Å². The first-order valence-electron chi connectivity index (χ1n) is 6.67. The minimum atomic E-state index is -0.960. The number of likely N-dealkylation sites (N-methyl/N-ethyl adjacent to an activating group) is 1. The standard InChI is InChI=1S/C15H19NO3/c1-2-16(11-13(17)18)14(19)15(9-6-10-15)12-7-4-3-5-8-12/h3-5,7-8H,2,6,9-11H2,1H3,(H,17,18). The van der Waals surface area contributed by atoms with Crippen molar-refractivity contribution in [3.05, 3.63) is 35.9 Å². The van der Waals surface area contributed by atoms with Crippen LogP contribution in [0.3, 0.4) is 0 Å². The maximum absolute atomic E-state index is 12.7. The highest BCUT2D eigenvalue weighted by atomic mass is 16.4. The van der Waals surface area contributed by atoms with Crippen molar-refractivity contribution in [1.82, 2.24) is 4.90 Å². The lowest BCUT2D eigenvalue weighted by Gasteiger charge is -2.43. The second kappa shape index (κ2) is 5.43. The van der Waals surface area contributed by atoms with Crippen LogP contribution in [0.4, 0.5) is 0 Å². The minimum Gasteiger partial charge on any atom is -0.480 e. The first-order valence-corrected chi connectivity index (χ1v) is 6.67. The van der Waals surface area contributed by atoms with Gasteiger partial charge in [0.25, 0.3) is 0 Å². The number of carbonyl (C=O) groups excluding carboxylic acids is 1. The van der Waals surface area contributed by atoms with E-state index in [1.165, 1.54) is 4.90 Å². The summed E-state index contributed by atoms with van der Waals surface area (Å²) in [6.07, 6.45) is 2.64. The van der Waals surface area contributed by atoms with Crippen molar-refractivity contribution in [3.8, 4) is 0 Å². The van der Waals surface area contributed by atoms with Crippen molar-refractivity contribution in [1.29, 1.82) is 0 Å². The van der Waals surface area contributed by atoms with E-state index in [0.717, 1.165) is 24.8 Å². The number of carboxylic acid groups (broad SMARTS) is 1. The number of nitrogens with zero attached hydrogens (tertiary/aromatic N) is 1. The normalized spacial score (nSPS) is 16.5. The molecule has 1 fully saturated rings. The SMILES string of the molecule is CCN(CC(=O)O)C(=O)C1(c2ccccc2)CCC1. The Kier molecular flexibility index (Phi) is 3.88. The molecule has 0 atom stereocenters. The number of hydrogen-bond donors (Lipinski definition) is 1. The van der Waals surface area contributed by atoms with Crippen molar-refractivity contribution in [2.24, 2.45) is 0 Å². The topological polar surface area (TPSA) is 57.6 Å². The van der Waals surface area contributed by atoms with Gasteiger partial charge in [-0.3, -0.25) is 9.59 Å². The van der Waals surface area contributed by atoms with Crippen LogP contribution in [-0.2, 0) is 15.0 Å². The van der Waals surface area contributed by atoms with Crippen molar-refractivity contribution < 1.29 is 14.7 Å². The molecular formula is C15H19NO3. The average molecular weight is 261 g/mol. The zero-order valence-corrected chi connectivity index (χ0v) is 11.1. The van der Waals surface area contributed by atoms with Crippen LogP contribution >= 0.6 is 0 Å². The molecule has 0 heterocycles. The molecule has 1 aliphatic rings. The van der Waals surface area contributed by atoms with Gasteiger partial charge in [-0.25, -0.2) is 0 Å².